The standard InChI is InChI=1S/C19H32O2/c1-7-19(5,6)12-14-21-17-10-8-9-16(15-17)20-13-11-18(2,3)4/h8-10,15H,7,11-14H2,1-6H3. The van der Waals surface area contributed by atoms with E-state index in [0.717, 1.165) is 37.6 Å². The molecule has 1 aromatic rings. The fourth-order valence-corrected chi connectivity index (χ4v) is 1.75. The molecule has 2 heteroatoms. The lowest BCUT2D eigenvalue weighted by Gasteiger charge is -2.22. The normalized spacial score (nSPS) is 12.3. The smallest absolute Gasteiger partial charge is 0.122 e. The molecule has 0 unspecified atom stereocenters. The van der Waals surface area contributed by atoms with Crippen molar-refractivity contribution < 1.29 is 9.47 Å². The van der Waals surface area contributed by atoms with Gasteiger partial charge in [0, 0.05) is 6.07 Å². The van der Waals surface area contributed by atoms with Crippen molar-refractivity contribution in [2.45, 2.75) is 60.8 Å². The van der Waals surface area contributed by atoms with Crippen LogP contribution in [0.2, 0.25) is 0 Å². The van der Waals surface area contributed by atoms with E-state index >= 15 is 0 Å². The maximum absolute atomic E-state index is 5.85. The zero-order chi connectivity index (χ0) is 15.9. The van der Waals surface area contributed by atoms with Crippen molar-refractivity contribution in [3.05, 3.63) is 24.3 Å². The molecule has 1 aromatic carbocycles. The summed E-state index contributed by atoms with van der Waals surface area (Å²) in [6, 6.07) is 7.97. The fraction of sp³-hybridized carbons (Fsp3) is 0.684. The molecule has 0 heterocycles. The van der Waals surface area contributed by atoms with Gasteiger partial charge in [0.05, 0.1) is 13.2 Å². The molecule has 0 aromatic heterocycles. The molecule has 0 bridgehead atoms. The first-order valence-electron chi connectivity index (χ1n) is 8.07. The highest BCUT2D eigenvalue weighted by molar-refractivity contribution is 5.32. The van der Waals surface area contributed by atoms with Crippen LogP contribution >= 0.6 is 0 Å². The quantitative estimate of drug-likeness (QED) is 0.611. The van der Waals surface area contributed by atoms with Gasteiger partial charge in [-0.15, -0.1) is 0 Å². The minimum absolute atomic E-state index is 0.305. The maximum Gasteiger partial charge on any atom is 0.122 e. The molecule has 0 amide bonds. The lowest BCUT2D eigenvalue weighted by atomic mass is 9.87. The Morgan fingerprint density at radius 3 is 1.86 bits per heavy atom. The van der Waals surface area contributed by atoms with Crippen LogP contribution in [0.4, 0.5) is 0 Å². The maximum atomic E-state index is 5.85. The summed E-state index contributed by atoms with van der Waals surface area (Å²) in [7, 11) is 0. The summed E-state index contributed by atoms with van der Waals surface area (Å²) in [5.74, 6) is 1.79. The van der Waals surface area contributed by atoms with Crippen molar-refractivity contribution in [3.8, 4) is 11.5 Å². The lowest BCUT2D eigenvalue weighted by molar-refractivity contribution is 0.220. The van der Waals surface area contributed by atoms with E-state index in [9.17, 15) is 0 Å². The summed E-state index contributed by atoms with van der Waals surface area (Å²) in [6.45, 7) is 15.0. The minimum atomic E-state index is 0.305. The van der Waals surface area contributed by atoms with E-state index in [-0.39, 0.29) is 0 Å². The highest BCUT2D eigenvalue weighted by Crippen LogP contribution is 2.26. The Labute approximate surface area is 130 Å². The van der Waals surface area contributed by atoms with Crippen LogP contribution in [-0.4, -0.2) is 13.2 Å². The molecule has 0 aliphatic carbocycles. The molecular formula is C19H32O2. The van der Waals surface area contributed by atoms with Crippen molar-refractivity contribution in [2.24, 2.45) is 10.8 Å². The summed E-state index contributed by atoms with van der Waals surface area (Å²) >= 11 is 0. The first kappa shape index (κ1) is 17.9. The van der Waals surface area contributed by atoms with Crippen LogP contribution in [0.3, 0.4) is 0 Å². The fourth-order valence-electron chi connectivity index (χ4n) is 1.75. The Morgan fingerprint density at radius 1 is 0.857 bits per heavy atom. The van der Waals surface area contributed by atoms with Crippen LogP contribution in [0, 0.1) is 10.8 Å². The minimum Gasteiger partial charge on any atom is -0.493 e. The predicted octanol–water partition coefficient (Wildman–Crippen LogP) is 5.71. The third-order valence-corrected chi connectivity index (χ3v) is 3.93. The predicted molar refractivity (Wildman–Crippen MR) is 90.2 cm³/mol. The molecule has 0 spiro atoms. The molecule has 0 atom stereocenters. The van der Waals surface area contributed by atoms with Gasteiger partial charge in [-0.05, 0) is 35.8 Å². The van der Waals surface area contributed by atoms with Crippen LogP contribution in [0.15, 0.2) is 24.3 Å². The first-order chi connectivity index (χ1) is 9.72. The molecular weight excluding hydrogens is 260 g/mol. The SMILES string of the molecule is CCC(C)(C)CCOc1cccc(OCCC(C)(C)C)c1. The average Bonchev–Trinajstić information content (AvgIpc) is 2.37. The number of ether oxygens (including phenoxy) is 2. The van der Waals surface area contributed by atoms with Crippen molar-refractivity contribution in [1.29, 1.82) is 0 Å². The van der Waals surface area contributed by atoms with Gasteiger partial charge in [0.1, 0.15) is 11.5 Å². The highest BCUT2D eigenvalue weighted by Gasteiger charge is 2.14. The summed E-state index contributed by atoms with van der Waals surface area (Å²) in [4.78, 5) is 0. The summed E-state index contributed by atoms with van der Waals surface area (Å²) < 4.78 is 11.7. The van der Waals surface area contributed by atoms with E-state index in [0.29, 0.717) is 10.8 Å². The van der Waals surface area contributed by atoms with Crippen LogP contribution in [0.25, 0.3) is 0 Å². The molecule has 0 N–H and O–H groups in total. The Kier molecular flexibility index (Phi) is 6.57. The zero-order valence-corrected chi connectivity index (χ0v) is 14.7. The topological polar surface area (TPSA) is 18.5 Å². The summed E-state index contributed by atoms with van der Waals surface area (Å²) in [6.07, 6.45) is 3.29. The average molecular weight is 292 g/mol. The van der Waals surface area contributed by atoms with Crippen molar-refractivity contribution >= 4 is 0 Å². The van der Waals surface area contributed by atoms with Gasteiger partial charge >= 0.3 is 0 Å². The van der Waals surface area contributed by atoms with E-state index in [1.807, 2.05) is 24.3 Å². The second-order valence-electron chi connectivity index (χ2n) is 7.75. The van der Waals surface area contributed by atoms with E-state index in [1.54, 1.807) is 0 Å². The third-order valence-electron chi connectivity index (χ3n) is 3.93. The molecule has 1 rings (SSSR count). The Morgan fingerprint density at radius 2 is 1.38 bits per heavy atom. The second-order valence-corrected chi connectivity index (χ2v) is 7.75. The molecule has 0 aliphatic rings. The van der Waals surface area contributed by atoms with Crippen LogP contribution in [-0.2, 0) is 0 Å². The lowest BCUT2D eigenvalue weighted by Crippen LogP contribution is -2.14. The summed E-state index contributed by atoms with van der Waals surface area (Å²) in [5.41, 5.74) is 0.653. The van der Waals surface area contributed by atoms with E-state index < -0.39 is 0 Å². The van der Waals surface area contributed by atoms with Crippen LogP contribution in [0.5, 0.6) is 11.5 Å². The largest absolute Gasteiger partial charge is 0.493 e. The number of benzene rings is 1. The molecule has 120 valence electrons. The van der Waals surface area contributed by atoms with E-state index in [1.165, 1.54) is 6.42 Å². The molecule has 2 nitrogen and oxygen atoms in total. The van der Waals surface area contributed by atoms with Crippen LogP contribution in [0.1, 0.15) is 60.8 Å². The third kappa shape index (κ3) is 7.99. The summed E-state index contributed by atoms with van der Waals surface area (Å²) in [5, 5.41) is 0. The zero-order valence-electron chi connectivity index (χ0n) is 14.7. The molecule has 0 aliphatic heterocycles. The molecule has 0 radical (unpaired) electrons. The number of hydrogen-bond acceptors (Lipinski definition) is 2. The molecule has 21 heavy (non-hydrogen) atoms. The monoisotopic (exact) mass is 292 g/mol. The van der Waals surface area contributed by atoms with Crippen molar-refractivity contribution in [1.82, 2.24) is 0 Å². The van der Waals surface area contributed by atoms with Crippen molar-refractivity contribution in [3.63, 3.8) is 0 Å². The molecule has 0 saturated carbocycles. The first-order valence-corrected chi connectivity index (χ1v) is 8.07. The van der Waals surface area contributed by atoms with Gasteiger partial charge in [0.2, 0.25) is 0 Å². The van der Waals surface area contributed by atoms with Gasteiger partial charge in [0.15, 0.2) is 0 Å². The van der Waals surface area contributed by atoms with Gasteiger partial charge < -0.3 is 9.47 Å². The van der Waals surface area contributed by atoms with Gasteiger partial charge in [0.25, 0.3) is 0 Å². The number of hydrogen-bond donors (Lipinski definition) is 0. The van der Waals surface area contributed by atoms with Gasteiger partial charge in [-0.2, -0.15) is 0 Å². The Bertz CT molecular complexity index is 416. The van der Waals surface area contributed by atoms with Gasteiger partial charge in [-0.3, -0.25) is 0 Å². The van der Waals surface area contributed by atoms with Gasteiger partial charge in [-0.1, -0.05) is 54.0 Å². The molecule has 0 saturated heterocycles. The number of rotatable bonds is 8. The highest BCUT2D eigenvalue weighted by atomic mass is 16.5. The Hall–Kier alpha value is -1.18. The molecule has 0 fully saturated rings. The van der Waals surface area contributed by atoms with Crippen LogP contribution < -0.4 is 9.47 Å². The van der Waals surface area contributed by atoms with Gasteiger partial charge in [-0.25, -0.2) is 0 Å². The van der Waals surface area contributed by atoms with E-state index in [4.69, 9.17) is 9.47 Å². The van der Waals surface area contributed by atoms with Crippen molar-refractivity contribution in [2.75, 3.05) is 13.2 Å². The second kappa shape index (κ2) is 7.72. The van der Waals surface area contributed by atoms with E-state index in [2.05, 4.69) is 41.5 Å². The Balaban J connectivity index is 2.42.